The molecule has 0 radical (unpaired) electrons. The molecule has 2 aromatic rings. The monoisotopic (exact) mass is 467 g/mol. The first-order valence-electron chi connectivity index (χ1n) is 8.79. The van der Waals surface area contributed by atoms with Crippen LogP contribution in [-0.2, 0) is 14.8 Å². The number of hydrogen-bond donors (Lipinski definition) is 1. The first-order chi connectivity index (χ1) is 13.3. The van der Waals surface area contributed by atoms with E-state index in [1.165, 1.54) is 10.6 Å². The van der Waals surface area contributed by atoms with Crippen LogP contribution in [0.5, 0.6) is 5.75 Å². The van der Waals surface area contributed by atoms with Gasteiger partial charge in [0.25, 0.3) is 5.91 Å². The van der Waals surface area contributed by atoms with Gasteiger partial charge in [-0.15, -0.1) is 0 Å². The number of benzene rings is 2. The van der Waals surface area contributed by atoms with Gasteiger partial charge in [0.15, 0.2) is 6.61 Å². The van der Waals surface area contributed by atoms with Gasteiger partial charge in [-0.25, -0.2) is 8.42 Å². The average molecular weight is 468 g/mol. The Hall–Kier alpha value is -2.10. The maximum Gasteiger partial charge on any atom is 0.262 e. The zero-order chi connectivity index (χ0) is 20.1. The van der Waals surface area contributed by atoms with Crippen molar-refractivity contribution in [3.05, 3.63) is 53.0 Å². The standard InChI is InChI=1S/C19H22BrN3O4S/c1-28(25,26)23-12-10-22(11-13-23)17-6-4-16(5-7-17)21-19(24)14-27-18-8-2-15(20)3-9-18/h2-9H,10-14H2,1H3,(H,21,24). The zero-order valence-electron chi connectivity index (χ0n) is 15.5. The van der Waals surface area contributed by atoms with Crippen molar-refractivity contribution in [1.29, 1.82) is 0 Å². The summed E-state index contributed by atoms with van der Waals surface area (Å²) in [7, 11) is -3.13. The third-order valence-electron chi connectivity index (χ3n) is 4.41. The number of sulfonamides is 1. The van der Waals surface area contributed by atoms with Crippen LogP contribution in [0.1, 0.15) is 0 Å². The van der Waals surface area contributed by atoms with E-state index < -0.39 is 10.0 Å². The predicted octanol–water partition coefficient (Wildman–Crippen LogP) is 2.55. The van der Waals surface area contributed by atoms with Crippen molar-refractivity contribution in [3.8, 4) is 5.75 Å². The van der Waals surface area contributed by atoms with Gasteiger partial charge in [-0.05, 0) is 48.5 Å². The smallest absolute Gasteiger partial charge is 0.262 e. The topological polar surface area (TPSA) is 79.0 Å². The summed E-state index contributed by atoms with van der Waals surface area (Å²) in [6.07, 6.45) is 1.24. The molecular weight excluding hydrogens is 446 g/mol. The van der Waals surface area contributed by atoms with Crippen molar-refractivity contribution in [2.45, 2.75) is 0 Å². The predicted molar refractivity (Wildman–Crippen MR) is 113 cm³/mol. The first-order valence-corrected chi connectivity index (χ1v) is 11.4. The first kappa shape index (κ1) is 20.6. The summed E-state index contributed by atoms with van der Waals surface area (Å²) in [6.45, 7) is 2.16. The fourth-order valence-corrected chi connectivity index (χ4v) is 4.00. The Morgan fingerprint density at radius 2 is 1.64 bits per heavy atom. The molecule has 1 amide bonds. The van der Waals surface area contributed by atoms with E-state index in [1.54, 1.807) is 12.1 Å². The van der Waals surface area contributed by atoms with E-state index in [0.717, 1.165) is 10.2 Å². The third-order valence-corrected chi connectivity index (χ3v) is 6.24. The SMILES string of the molecule is CS(=O)(=O)N1CCN(c2ccc(NC(=O)COc3ccc(Br)cc3)cc2)CC1. The molecule has 150 valence electrons. The Bertz CT molecular complexity index is 909. The highest BCUT2D eigenvalue weighted by Gasteiger charge is 2.23. The molecule has 7 nitrogen and oxygen atoms in total. The molecule has 0 saturated carbocycles. The second kappa shape index (κ2) is 8.93. The van der Waals surface area contributed by atoms with Crippen LogP contribution in [0.2, 0.25) is 0 Å². The summed E-state index contributed by atoms with van der Waals surface area (Å²) in [5, 5.41) is 2.80. The maximum atomic E-state index is 12.1. The van der Waals surface area contributed by atoms with Gasteiger partial charge in [0.2, 0.25) is 10.0 Å². The van der Waals surface area contributed by atoms with Crippen LogP contribution < -0.4 is 15.0 Å². The molecule has 0 unspecified atom stereocenters. The van der Waals surface area contributed by atoms with Crippen LogP contribution in [0, 0.1) is 0 Å². The highest BCUT2D eigenvalue weighted by atomic mass is 79.9. The van der Waals surface area contributed by atoms with E-state index in [1.807, 2.05) is 36.4 Å². The molecule has 0 atom stereocenters. The van der Waals surface area contributed by atoms with Crippen molar-refractivity contribution in [2.24, 2.45) is 0 Å². The number of amides is 1. The summed E-state index contributed by atoms with van der Waals surface area (Å²) < 4.78 is 31.1. The number of halogens is 1. The Morgan fingerprint density at radius 1 is 1.04 bits per heavy atom. The number of piperazine rings is 1. The third kappa shape index (κ3) is 5.70. The fourth-order valence-electron chi connectivity index (χ4n) is 2.91. The van der Waals surface area contributed by atoms with E-state index in [0.29, 0.717) is 37.6 Å². The van der Waals surface area contributed by atoms with Crippen molar-refractivity contribution in [2.75, 3.05) is 49.3 Å². The highest BCUT2D eigenvalue weighted by Crippen LogP contribution is 2.20. The van der Waals surface area contributed by atoms with Crippen molar-refractivity contribution in [1.82, 2.24) is 4.31 Å². The van der Waals surface area contributed by atoms with E-state index in [4.69, 9.17) is 4.74 Å². The van der Waals surface area contributed by atoms with E-state index in [-0.39, 0.29) is 12.5 Å². The summed E-state index contributed by atoms with van der Waals surface area (Å²) in [6, 6.07) is 14.8. The molecule has 2 aromatic carbocycles. The molecule has 1 saturated heterocycles. The quantitative estimate of drug-likeness (QED) is 0.705. The fraction of sp³-hybridized carbons (Fsp3) is 0.316. The molecule has 1 aliphatic heterocycles. The van der Waals surface area contributed by atoms with Crippen molar-refractivity contribution >= 4 is 43.2 Å². The van der Waals surface area contributed by atoms with E-state index in [2.05, 4.69) is 26.1 Å². The number of carbonyl (C=O) groups is 1. The Labute approximate surface area is 173 Å². The number of hydrogen-bond acceptors (Lipinski definition) is 5. The number of rotatable bonds is 6. The molecule has 0 aliphatic carbocycles. The molecule has 1 fully saturated rings. The average Bonchev–Trinajstić information content (AvgIpc) is 2.68. The number of nitrogens with one attached hydrogen (secondary N) is 1. The van der Waals surface area contributed by atoms with E-state index >= 15 is 0 Å². The Balaban J connectivity index is 1.49. The molecule has 1 heterocycles. The maximum absolute atomic E-state index is 12.1. The lowest BCUT2D eigenvalue weighted by Gasteiger charge is -2.34. The van der Waals surface area contributed by atoms with Crippen LogP contribution >= 0.6 is 15.9 Å². The van der Waals surface area contributed by atoms with Gasteiger partial charge in [-0.1, -0.05) is 15.9 Å². The zero-order valence-corrected chi connectivity index (χ0v) is 17.9. The lowest BCUT2D eigenvalue weighted by atomic mass is 10.2. The highest BCUT2D eigenvalue weighted by molar-refractivity contribution is 9.10. The summed E-state index contributed by atoms with van der Waals surface area (Å²) in [4.78, 5) is 14.2. The minimum atomic E-state index is -3.13. The molecule has 1 N–H and O–H groups in total. The van der Waals surface area contributed by atoms with Crippen LogP contribution in [0.4, 0.5) is 11.4 Å². The molecule has 0 bridgehead atoms. The van der Waals surface area contributed by atoms with E-state index in [9.17, 15) is 13.2 Å². The minimum Gasteiger partial charge on any atom is -0.484 e. The van der Waals surface area contributed by atoms with Crippen molar-refractivity contribution in [3.63, 3.8) is 0 Å². The molecule has 3 rings (SSSR count). The molecular formula is C19H22BrN3O4S. The normalized spacial score (nSPS) is 15.3. The largest absolute Gasteiger partial charge is 0.484 e. The lowest BCUT2D eigenvalue weighted by Crippen LogP contribution is -2.48. The lowest BCUT2D eigenvalue weighted by molar-refractivity contribution is -0.118. The van der Waals surface area contributed by atoms with Gasteiger partial charge >= 0.3 is 0 Å². The Kier molecular flexibility index (Phi) is 6.58. The number of ether oxygens (including phenoxy) is 1. The molecule has 0 aromatic heterocycles. The summed E-state index contributed by atoms with van der Waals surface area (Å²) >= 11 is 3.35. The van der Waals surface area contributed by atoms with Crippen LogP contribution in [0.15, 0.2) is 53.0 Å². The van der Waals surface area contributed by atoms with Gasteiger partial charge in [-0.2, -0.15) is 4.31 Å². The number of nitrogens with zero attached hydrogens (tertiary/aromatic N) is 2. The van der Waals surface area contributed by atoms with Crippen LogP contribution in [0.25, 0.3) is 0 Å². The second-order valence-electron chi connectivity index (χ2n) is 6.49. The molecule has 9 heteroatoms. The van der Waals surface area contributed by atoms with Gasteiger partial charge in [0.1, 0.15) is 5.75 Å². The second-order valence-corrected chi connectivity index (χ2v) is 9.38. The van der Waals surface area contributed by atoms with Gasteiger partial charge < -0.3 is 15.0 Å². The van der Waals surface area contributed by atoms with Crippen LogP contribution in [-0.4, -0.2) is 57.7 Å². The number of anilines is 2. The molecule has 28 heavy (non-hydrogen) atoms. The van der Waals surface area contributed by atoms with Gasteiger partial charge in [0.05, 0.1) is 6.26 Å². The van der Waals surface area contributed by atoms with Crippen LogP contribution in [0.3, 0.4) is 0 Å². The van der Waals surface area contributed by atoms with Gasteiger partial charge in [0, 0.05) is 42.0 Å². The summed E-state index contributed by atoms with van der Waals surface area (Å²) in [5.41, 5.74) is 1.68. The van der Waals surface area contributed by atoms with Crippen molar-refractivity contribution < 1.29 is 17.9 Å². The Morgan fingerprint density at radius 3 is 2.21 bits per heavy atom. The minimum absolute atomic E-state index is 0.0726. The molecule has 1 aliphatic rings. The number of carbonyl (C=O) groups excluding carboxylic acids is 1. The van der Waals surface area contributed by atoms with Gasteiger partial charge in [-0.3, -0.25) is 4.79 Å². The summed E-state index contributed by atoms with van der Waals surface area (Å²) in [5.74, 6) is 0.388. The molecule has 0 spiro atoms.